The third kappa shape index (κ3) is 2.96. The summed E-state index contributed by atoms with van der Waals surface area (Å²) in [5, 5.41) is 10.3. The number of aliphatic hydroxyl groups is 1. The molecule has 0 aromatic heterocycles. The minimum atomic E-state index is -0.584. The van der Waals surface area contributed by atoms with Gasteiger partial charge in [0.1, 0.15) is 0 Å². The molecule has 2 heteroatoms. The largest absolute Gasteiger partial charge is 0.390 e. The van der Waals surface area contributed by atoms with Crippen LogP contribution in [0.25, 0.3) is 0 Å². The van der Waals surface area contributed by atoms with Crippen molar-refractivity contribution in [3.63, 3.8) is 0 Å². The molecule has 1 heterocycles. The molecule has 0 aromatic rings. The van der Waals surface area contributed by atoms with Gasteiger partial charge in [0.05, 0.1) is 11.7 Å². The van der Waals surface area contributed by atoms with Crippen LogP contribution in [0.2, 0.25) is 0 Å². The lowest BCUT2D eigenvalue weighted by molar-refractivity contribution is -0.0576. The van der Waals surface area contributed by atoms with Gasteiger partial charge in [-0.05, 0) is 38.0 Å². The zero-order valence-corrected chi connectivity index (χ0v) is 9.97. The van der Waals surface area contributed by atoms with Crippen LogP contribution in [-0.2, 0) is 4.74 Å². The molecule has 0 aliphatic carbocycles. The summed E-state index contributed by atoms with van der Waals surface area (Å²) in [4.78, 5) is 0. The highest BCUT2D eigenvalue weighted by Crippen LogP contribution is 2.35. The molecule has 1 aliphatic heterocycles. The van der Waals surface area contributed by atoms with Crippen molar-refractivity contribution in [3.05, 3.63) is 0 Å². The molecule has 0 amide bonds. The predicted molar refractivity (Wildman–Crippen MR) is 58.3 cm³/mol. The molecule has 1 rings (SSSR count). The first kappa shape index (κ1) is 12.0. The van der Waals surface area contributed by atoms with Crippen molar-refractivity contribution in [1.82, 2.24) is 0 Å². The van der Waals surface area contributed by atoms with Crippen LogP contribution >= 0.6 is 0 Å². The van der Waals surface area contributed by atoms with Crippen molar-refractivity contribution in [2.75, 3.05) is 6.61 Å². The molecule has 0 saturated carbocycles. The first-order valence-corrected chi connectivity index (χ1v) is 5.67. The Morgan fingerprint density at radius 3 is 2.36 bits per heavy atom. The zero-order valence-electron chi connectivity index (χ0n) is 9.97. The second-order valence-electron chi connectivity index (χ2n) is 5.70. The van der Waals surface area contributed by atoms with E-state index in [1.54, 1.807) is 0 Å². The topological polar surface area (TPSA) is 29.5 Å². The third-order valence-corrected chi connectivity index (χ3v) is 3.59. The summed E-state index contributed by atoms with van der Waals surface area (Å²) in [6.07, 6.45) is 4.57. The van der Waals surface area contributed by atoms with Crippen LogP contribution in [0.1, 0.15) is 53.4 Å². The molecular weight excluding hydrogens is 176 g/mol. The smallest absolute Gasteiger partial charge is 0.0668 e. The van der Waals surface area contributed by atoms with Crippen LogP contribution in [0.15, 0.2) is 0 Å². The van der Waals surface area contributed by atoms with Gasteiger partial charge in [0.2, 0.25) is 0 Å². The van der Waals surface area contributed by atoms with Gasteiger partial charge in [-0.1, -0.05) is 20.8 Å². The SMILES string of the molecule is CC(C)(C)C(C)(O)CCC1CCCO1. The first-order valence-electron chi connectivity index (χ1n) is 5.67. The Morgan fingerprint density at radius 2 is 1.93 bits per heavy atom. The summed E-state index contributed by atoms with van der Waals surface area (Å²) in [5.41, 5.74) is -0.634. The zero-order chi connectivity index (χ0) is 10.8. The monoisotopic (exact) mass is 200 g/mol. The highest BCUT2D eigenvalue weighted by atomic mass is 16.5. The maximum Gasteiger partial charge on any atom is 0.0668 e. The van der Waals surface area contributed by atoms with Crippen molar-refractivity contribution < 1.29 is 9.84 Å². The maximum absolute atomic E-state index is 10.3. The van der Waals surface area contributed by atoms with E-state index in [0.29, 0.717) is 6.10 Å². The van der Waals surface area contributed by atoms with Gasteiger partial charge in [-0.25, -0.2) is 0 Å². The average molecular weight is 200 g/mol. The molecule has 1 fully saturated rings. The lowest BCUT2D eigenvalue weighted by Crippen LogP contribution is -2.40. The number of hydrogen-bond donors (Lipinski definition) is 1. The molecule has 2 unspecified atom stereocenters. The molecule has 1 aliphatic rings. The number of hydrogen-bond acceptors (Lipinski definition) is 2. The fourth-order valence-electron chi connectivity index (χ4n) is 1.69. The van der Waals surface area contributed by atoms with Gasteiger partial charge in [0.15, 0.2) is 0 Å². The number of ether oxygens (including phenoxy) is 1. The fourth-order valence-corrected chi connectivity index (χ4v) is 1.69. The van der Waals surface area contributed by atoms with Gasteiger partial charge in [0, 0.05) is 6.61 Å². The van der Waals surface area contributed by atoms with Crippen LogP contribution in [0, 0.1) is 5.41 Å². The van der Waals surface area contributed by atoms with Crippen molar-refractivity contribution in [1.29, 1.82) is 0 Å². The van der Waals surface area contributed by atoms with E-state index in [-0.39, 0.29) is 5.41 Å². The number of rotatable bonds is 3. The van der Waals surface area contributed by atoms with E-state index < -0.39 is 5.60 Å². The molecule has 14 heavy (non-hydrogen) atoms. The van der Waals surface area contributed by atoms with E-state index in [1.807, 2.05) is 6.92 Å². The van der Waals surface area contributed by atoms with E-state index >= 15 is 0 Å². The molecule has 0 aromatic carbocycles. The van der Waals surface area contributed by atoms with Crippen LogP contribution in [0.5, 0.6) is 0 Å². The Bertz CT molecular complexity index is 173. The average Bonchev–Trinajstić information content (AvgIpc) is 2.50. The summed E-state index contributed by atoms with van der Waals surface area (Å²) in [5.74, 6) is 0. The van der Waals surface area contributed by atoms with Crippen molar-refractivity contribution in [2.45, 2.75) is 65.1 Å². The second kappa shape index (κ2) is 4.19. The van der Waals surface area contributed by atoms with Gasteiger partial charge in [0.25, 0.3) is 0 Å². The van der Waals surface area contributed by atoms with E-state index in [9.17, 15) is 5.11 Å². The normalized spacial score (nSPS) is 27.6. The van der Waals surface area contributed by atoms with Crippen LogP contribution in [0.4, 0.5) is 0 Å². The molecule has 84 valence electrons. The van der Waals surface area contributed by atoms with Gasteiger partial charge in [-0.2, -0.15) is 0 Å². The summed E-state index contributed by atoms with van der Waals surface area (Å²) >= 11 is 0. The Balaban J connectivity index is 2.35. The molecule has 2 nitrogen and oxygen atoms in total. The Labute approximate surface area is 87.7 Å². The first-order chi connectivity index (χ1) is 6.33. The predicted octanol–water partition coefficient (Wildman–Crippen LogP) is 2.74. The van der Waals surface area contributed by atoms with Gasteiger partial charge < -0.3 is 9.84 Å². The molecular formula is C12H24O2. The van der Waals surface area contributed by atoms with Crippen molar-refractivity contribution in [2.24, 2.45) is 5.41 Å². The Morgan fingerprint density at radius 1 is 1.29 bits per heavy atom. The summed E-state index contributed by atoms with van der Waals surface area (Å²) < 4.78 is 5.55. The minimum Gasteiger partial charge on any atom is -0.390 e. The van der Waals surface area contributed by atoms with Crippen LogP contribution < -0.4 is 0 Å². The fraction of sp³-hybridized carbons (Fsp3) is 1.00. The van der Waals surface area contributed by atoms with Gasteiger partial charge in [-0.15, -0.1) is 0 Å². The maximum atomic E-state index is 10.3. The van der Waals surface area contributed by atoms with E-state index in [4.69, 9.17) is 4.74 Å². The summed E-state index contributed by atoms with van der Waals surface area (Å²) in [6.45, 7) is 9.10. The highest BCUT2D eigenvalue weighted by Gasteiger charge is 2.35. The van der Waals surface area contributed by atoms with E-state index in [2.05, 4.69) is 20.8 Å². The third-order valence-electron chi connectivity index (χ3n) is 3.59. The Kier molecular flexibility index (Phi) is 3.59. The minimum absolute atomic E-state index is 0.0500. The second-order valence-corrected chi connectivity index (χ2v) is 5.70. The summed E-state index contributed by atoms with van der Waals surface area (Å²) in [6, 6.07) is 0. The van der Waals surface area contributed by atoms with Crippen LogP contribution in [-0.4, -0.2) is 23.4 Å². The van der Waals surface area contributed by atoms with E-state index in [1.165, 1.54) is 12.8 Å². The summed E-state index contributed by atoms with van der Waals surface area (Å²) in [7, 11) is 0. The lowest BCUT2D eigenvalue weighted by atomic mass is 9.75. The van der Waals surface area contributed by atoms with Crippen molar-refractivity contribution in [3.8, 4) is 0 Å². The van der Waals surface area contributed by atoms with Crippen molar-refractivity contribution >= 4 is 0 Å². The Hall–Kier alpha value is -0.0800. The molecule has 1 N–H and O–H groups in total. The standard InChI is InChI=1S/C12H24O2/c1-11(2,3)12(4,13)8-7-10-6-5-9-14-10/h10,13H,5-9H2,1-4H3. The molecule has 0 bridgehead atoms. The molecule has 2 atom stereocenters. The van der Waals surface area contributed by atoms with E-state index in [0.717, 1.165) is 19.4 Å². The lowest BCUT2D eigenvalue weighted by Gasteiger charge is -2.37. The molecule has 0 spiro atoms. The van der Waals surface area contributed by atoms with Crippen LogP contribution in [0.3, 0.4) is 0 Å². The van der Waals surface area contributed by atoms with Gasteiger partial charge >= 0.3 is 0 Å². The quantitative estimate of drug-likeness (QED) is 0.759. The molecule has 0 radical (unpaired) electrons. The van der Waals surface area contributed by atoms with Gasteiger partial charge in [-0.3, -0.25) is 0 Å². The molecule has 1 saturated heterocycles. The highest BCUT2D eigenvalue weighted by molar-refractivity contribution is 4.87.